The Bertz CT molecular complexity index is 570. The van der Waals surface area contributed by atoms with Gasteiger partial charge in [0.25, 0.3) is 0 Å². The minimum Gasteiger partial charge on any atom is -0.486 e. The molecule has 0 bridgehead atoms. The van der Waals surface area contributed by atoms with Gasteiger partial charge in [-0.3, -0.25) is 4.79 Å². The fourth-order valence-corrected chi connectivity index (χ4v) is 1.96. The number of carbonyl (C=O) groups excluding carboxylic acids is 1. The molecule has 2 nitrogen and oxygen atoms in total. The summed E-state index contributed by atoms with van der Waals surface area (Å²) < 4.78 is 18.7. The van der Waals surface area contributed by atoms with Crippen LogP contribution < -0.4 is 4.74 Å². The van der Waals surface area contributed by atoms with Crippen molar-refractivity contribution in [2.24, 2.45) is 0 Å². The Labute approximate surface area is 119 Å². The number of carbonyl (C=O) groups is 1. The first kappa shape index (κ1) is 13.7. The van der Waals surface area contributed by atoms with Crippen LogP contribution in [0.1, 0.15) is 5.56 Å². The fraction of sp³-hybridized carbons (Fsp3) is 0.133. The molecule has 0 heterocycles. The maximum absolute atomic E-state index is 13.0. The average molecular weight is 323 g/mol. The van der Waals surface area contributed by atoms with Crippen molar-refractivity contribution < 1.29 is 13.9 Å². The molecule has 0 fully saturated rings. The number of Topliss-reactive ketones (excluding diaryl/α,β-unsaturated/α-hetero) is 1. The molecule has 2 aromatic rings. The second-order valence-corrected chi connectivity index (χ2v) is 4.92. The number of ether oxygens (including phenoxy) is 1. The molecule has 0 spiro atoms. The van der Waals surface area contributed by atoms with Gasteiger partial charge in [-0.15, -0.1) is 0 Å². The summed E-state index contributed by atoms with van der Waals surface area (Å²) in [4.78, 5) is 11.7. The van der Waals surface area contributed by atoms with E-state index in [2.05, 4.69) is 15.9 Å². The molecule has 0 radical (unpaired) electrons. The van der Waals surface area contributed by atoms with E-state index < -0.39 is 0 Å². The highest BCUT2D eigenvalue weighted by Crippen LogP contribution is 2.21. The van der Waals surface area contributed by atoms with Crippen LogP contribution in [0.15, 0.2) is 53.0 Å². The highest BCUT2D eigenvalue weighted by atomic mass is 79.9. The van der Waals surface area contributed by atoms with Gasteiger partial charge >= 0.3 is 0 Å². The lowest BCUT2D eigenvalue weighted by atomic mass is 10.1. The average Bonchev–Trinajstić information content (AvgIpc) is 2.41. The summed E-state index contributed by atoms with van der Waals surface area (Å²) in [5, 5.41) is 0. The zero-order valence-corrected chi connectivity index (χ0v) is 11.7. The molecule has 0 aliphatic rings. The molecule has 0 aliphatic heterocycles. The van der Waals surface area contributed by atoms with Gasteiger partial charge in [0.15, 0.2) is 5.78 Å². The maximum Gasteiger partial charge on any atom is 0.174 e. The van der Waals surface area contributed by atoms with Crippen LogP contribution in [0.3, 0.4) is 0 Å². The molecule has 0 saturated carbocycles. The van der Waals surface area contributed by atoms with Gasteiger partial charge in [0.2, 0.25) is 0 Å². The van der Waals surface area contributed by atoms with Crippen LogP contribution in [0.25, 0.3) is 0 Å². The van der Waals surface area contributed by atoms with Gasteiger partial charge in [0.05, 0.1) is 4.47 Å². The van der Waals surface area contributed by atoms with Crippen molar-refractivity contribution in [3.8, 4) is 5.75 Å². The molecule has 4 heteroatoms. The van der Waals surface area contributed by atoms with Crippen LogP contribution in [0.5, 0.6) is 5.75 Å². The molecule has 0 amide bonds. The van der Waals surface area contributed by atoms with E-state index in [1.54, 1.807) is 0 Å². The summed E-state index contributed by atoms with van der Waals surface area (Å²) in [6.45, 7) is -0.0209. The van der Waals surface area contributed by atoms with Crippen LogP contribution in [0.4, 0.5) is 4.39 Å². The number of halogens is 2. The Morgan fingerprint density at radius 1 is 1.16 bits per heavy atom. The van der Waals surface area contributed by atoms with Crippen LogP contribution in [-0.4, -0.2) is 12.4 Å². The minimum atomic E-state index is -0.358. The van der Waals surface area contributed by atoms with Crippen molar-refractivity contribution in [3.05, 3.63) is 64.4 Å². The standard InChI is InChI=1S/C15H12BrFO2/c16-14-9-13(6-7-15(14)17)19-10-12(18)8-11-4-2-1-3-5-11/h1-7,9H,8,10H2. The maximum atomic E-state index is 13.0. The Kier molecular flexibility index (Phi) is 4.68. The number of benzene rings is 2. The van der Waals surface area contributed by atoms with Gasteiger partial charge in [-0.05, 0) is 39.7 Å². The molecule has 0 saturated heterocycles. The summed E-state index contributed by atoms with van der Waals surface area (Å²) in [7, 11) is 0. The quantitative estimate of drug-likeness (QED) is 0.837. The molecular formula is C15H12BrFO2. The molecular weight excluding hydrogens is 311 g/mol. The molecule has 0 N–H and O–H groups in total. The fourth-order valence-electron chi connectivity index (χ4n) is 1.61. The van der Waals surface area contributed by atoms with Crippen LogP contribution in [-0.2, 0) is 11.2 Å². The molecule has 19 heavy (non-hydrogen) atoms. The van der Waals surface area contributed by atoms with E-state index in [9.17, 15) is 9.18 Å². The zero-order chi connectivity index (χ0) is 13.7. The van der Waals surface area contributed by atoms with Gasteiger partial charge < -0.3 is 4.74 Å². The molecule has 0 unspecified atom stereocenters. The summed E-state index contributed by atoms with van der Waals surface area (Å²) in [6, 6.07) is 13.8. The summed E-state index contributed by atoms with van der Waals surface area (Å²) in [6.07, 6.45) is 0.337. The number of hydrogen-bond donors (Lipinski definition) is 0. The lowest BCUT2D eigenvalue weighted by Crippen LogP contribution is -2.13. The normalized spacial score (nSPS) is 10.2. The van der Waals surface area contributed by atoms with E-state index in [4.69, 9.17) is 4.74 Å². The van der Waals surface area contributed by atoms with Gasteiger partial charge in [-0.25, -0.2) is 4.39 Å². The number of ketones is 1. The van der Waals surface area contributed by atoms with Gasteiger partial charge in [0, 0.05) is 6.42 Å². The van der Waals surface area contributed by atoms with E-state index in [-0.39, 0.29) is 18.2 Å². The van der Waals surface area contributed by atoms with E-state index in [1.165, 1.54) is 18.2 Å². The predicted octanol–water partition coefficient (Wildman–Crippen LogP) is 3.78. The Hall–Kier alpha value is -1.68. The number of rotatable bonds is 5. The lowest BCUT2D eigenvalue weighted by molar-refractivity contribution is -0.120. The van der Waals surface area contributed by atoms with Crippen molar-refractivity contribution in [2.75, 3.05) is 6.61 Å². The highest BCUT2D eigenvalue weighted by Gasteiger charge is 2.06. The van der Waals surface area contributed by atoms with Crippen LogP contribution >= 0.6 is 15.9 Å². The number of hydrogen-bond acceptors (Lipinski definition) is 2. The largest absolute Gasteiger partial charge is 0.486 e. The van der Waals surface area contributed by atoms with Crippen molar-refractivity contribution in [2.45, 2.75) is 6.42 Å². The third kappa shape index (κ3) is 4.17. The van der Waals surface area contributed by atoms with E-state index in [0.29, 0.717) is 16.6 Å². The van der Waals surface area contributed by atoms with Gasteiger partial charge in [-0.2, -0.15) is 0 Å². The Morgan fingerprint density at radius 3 is 2.58 bits per heavy atom. The van der Waals surface area contributed by atoms with E-state index >= 15 is 0 Å². The van der Waals surface area contributed by atoms with Gasteiger partial charge in [0.1, 0.15) is 18.2 Å². The first-order valence-electron chi connectivity index (χ1n) is 5.78. The van der Waals surface area contributed by atoms with Gasteiger partial charge in [-0.1, -0.05) is 30.3 Å². The third-order valence-electron chi connectivity index (χ3n) is 2.54. The highest BCUT2D eigenvalue weighted by molar-refractivity contribution is 9.10. The lowest BCUT2D eigenvalue weighted by Gasteiger charge is -2.06. The van der Waals surface area contributed by atoms with E-state index in [1.807, 2.05) is 30.3 Å². The van der Waals surface area contributed by atoms with Crippen molar-refractivity contribution in [1.29, 1.82) is 0 Å². The molecule has 98 valence electrons. The molecule has 0 aliphatic carbocycles. The monoisotopic (exact) mass is 322 g/mol. The minimum absolute atomic E-state index is 0.0209. The third-order valence-corrected chi connectivity index (χ3v) is 3.14. The second-order valence-electron chi connectivity index (χ2n) is 4.07. The summed E-state index contributed by atoms with van der Waals surface area (Å²) in [5.41, 5.74) is 0.955. The first-order chi connectivity index (χ1) is 9.15. The second kappa shape index (κ2) is 6.48. The van der Waals surface area contributed by atoms with Crippen molar-refractivity contribution >= 4 is 21.7 Å². The molecule has 2 rings (SSSR count). The van der Waals surface area contributed by atoms with E-state index in [0.717, 1.165) is 5.56 Å². The topological polar surface area (TPSA) is 26.3 Å². The van der Waals surface area contributed by atoms with Crippen molar-refractivity contribution in [1.82, 2.24) is 0 Å². The Balaban J connectivity index is 1.88. The Morgan fingerprint density at radius 2 is 1.89 bits per heavy atom. The summed E-state index contributed by atoms with van der Waals surface area (Å²) in [5.74, 6) is 0.0873. The predicted molar refractivity (Wildman–Crippen MR) is 74.7 cm³/mol. The smallest absolute Gasteiger partial charge is 0.174 e. The molecule has 2 aromatic carbocycles. The first-order valence-corrected chi connectivity index (χ1v) is 6.58. The van der Waals surface area contributed by atoms with Crippen molar-refractivity contribution in [3.63, 3.8) is 0 Å². The summed E-state index contributed by atoms with van der Waals surface area (Å²) >= 11 is 3.07. The van der Waals surface area contributed by atoms with Crippen LogP contribution in [0, 0.1) is 5.82 Å². The van der Waals surface area contributed by atoms with Crippen LogP contribution in [0.2, 0.25) is 0 Å². The zero-order valence-electron chi connectivity index (χ0n) is 10.1. The molecule has 0 aromatic heterocycles. The SMILES string of the molecule is O=C(COc1ccc(F)c(Br)c1)Cc1ccccc1. The molecule has 0 atom stereocenters.